The van der Waals surface area contributed by atoms with Gasteiger partial charge in [0.05, 0.1) is 11.4 Å². The highest BCUT2D eigenvalue weighted by Crippen LogP contribution is 2.29. The Balaban J connectivity index is 1.96. The number of nitrogens with two attached hydrogens (primary N) is 1. The Morgan fingerprint density at radius 2 is 2.00 bits per heavy atom. The number of benzene rings is 2. The van der Waals surface area contributed by atoms with Crippen LogP contribution in [0, 0.1) is 5.82 Å². The molecule has 2 aromatic rings. The molecule has 21 heavy (non-hydrogen) atoms. The van der Waals surface area contributed by atoms with Crippen molar-refractivity contribution in [2.45, 2.75) is 4.90 Å². The van der Waals surface area contributed by atoms with E-state index >= 15 is 0 Å². The van der Waals surface area contributed by atoms with E-state index in [-0.39, 0.29) is 17.3 Å². The van der Waals surface area contributed by atoms with Gasteiger partial charge in [-0.25, -0.2) is 4.39 Å². The second-order valence-corrected chi connectivity index (χ2v) is 6.94. The van der Waals surface area contributed by atoms with Gasteiger partial charge in [-0.1, -0.05) is 15.9 Å². The van der Waals surface area contributed by atoms with E-state index in [9.17, 15) is 9.18 Å². The number of hydrogen-bond acceptors (Lipinski definition) is 3. The number of hydrogen-bond donors (Lipinski definition) is 2. The minimum Gasteiger partial charge on any atom is -0.399 e. The molecule has 0 atom stereocenters. The van der Waals surface area contributed by atoms with Crippen LogP contribution in [0.2, 0.25) is 0 Å². The van der Waals surface area contributed by atoms with E-state index in [0.29, 0.717) is 10.2 Å². The highest BCUT2D eigenvalue weighted by atomic mass is 79.9. The Morgan fingerprint density at radius 3 is 2.67 bits per heavy atom. The zero-order valence-corrected chi connectivity index (χ0v) is 14.7. The number of nitrogen functional groups attached to an aromatic ring is 1. The van der Waals surface area contributed by atoms with Crippen LogP contribution in [0.4, 0.5) is 15.8 Å². The third-order valence-corrected chi connectivity index (χ3v) is 5.01. The van der Waals surface area contributed by atoms with E-state index < -0.39 is 5.82 Å². The normalized spacial score (nSPS) is 10.4. The van der Waals surface area contributed by atoms with Crippen molar-refractivity contribution in [3.63, 3.8) is 0 Å². The topological polar surface area (TPSA) is 55.1 Å². The molecule has 0 spiro atoms. The quantitative estimate of drug-likeness (QED) is 0.544. The van der Waals surface area contributed by atoms with E-state index in [1.54, 1.807) is 18.2 Å². The molecule has 0 saturated carbocycles. The van der Waals surface area contributed by atoms with Crippen molar-refractivity contribution in [2.75, 3.05) is 16.8 Å². The molecule has 0 fully saturated rings. The molecule has 0 aliphatic heterocycles. The van der Waals surface area contributed by atoms with Gasteiger partial charge in [-0.3, -0.25) is 4.79 Å². The number of carbonyl (C=O) groups is 1. The first-order valence-corrected chi connectivity index (χ1v) is 8.45. The van der Waals surface area contributed by atoms with E-state index in [2.05, 4.69) is 37.2 Å². The maximum atomic E-state index is 13.6. The van der Waals surface area contributed by atoms with Crippen molar-refractivity contribution in [1.82, 2.24) is 0 Å². The summed E-state index contributed by atoms with van der Waals surface area (Å²) < 4.78 is 15.1. The van der Waals surface area contributed by atoms with E-state index in [1.165, 1.54) is 23.9 Å². The molecular formula is C14H11Br2FN2OS. The predicted molar refractivity (Wildman–Crippen MR) is 92.0 cm³/mol. The number of thioether (sulfide) groups is 1. The lowest BCUT2D eigenvalue weighted by molar-refractivity contribution is -0.113. The van der Waals surface area contributed by atoms with Crippen LogP contribution in [0.1, 0.15) is 0 Å². The zero-order valence-electron chi connectivity index (χ0n) is 10.7. The van der Waals surface area contributed by atoms with Gasteiger partial charge in [0.15, 0.2) is 0 Å². The molecule has 7 heteroatoms. The van der Waals surface area contributed by atoms with E-state index in [0.717, 1.165) is 9.37 Å². The Hall–Kier alpha value is -1.05. The van der Waals surface area contributed by atoms with Gasteiger partial charge in [-0.05, 0) is 52.3 Å². The number of nitrogens with one attached hydrogen (secondary N) is 1. The van der Waals surface area contributed by atoms with E-state index in [1.807, 2.05) is 6.07 Å². The number of amides is 1. The monoisotopic (exact) mass is 432 g/mol. The predicted octanol–water partition coefficient (Wildman–Crippen LogP) is 4.66. The smallest absolute Gasteiger partial charge is 0.234 e. The molecule has 0 unspecified atom stereocenters. The number of anilines is 2. The van der Waals surface area contributed by atoms with Crippen molar-refractivity contribution < 1.29 is 9.18 Å². The van der Waals surface area contributed by atoms with Crippen LogP contribution in [0.15, 0.2) is 50.2 Å². The standard InChI is InChI=1S/C14H11Br2FN2OS/c15-8-1-3-12(11(17)5-8)19-14(20)7-21-13-4-2-9(18)6-10(13)16/h1-6H,7,18H2,(H,19,20). The summed E-state index contributed by atoms with van der Waals surface area (Å²) in [6.07, 6.45) is 0. The Kier molecular flexibility index (Phi) is 5.66. The van der Waals surface area contributed by atoms with Gasteiger partial charge in [-0.2, -0.15) is 0 Å². The third kappa shape index (κ3) is 4.72. The van der Waals surface area contributed by atoms with Gasteiger partial charge in [0.2, 0.25) is 5.91 Å². The van der Waals surface area contributed by atoms with Gasteiger partial charge >= 0.3 is 0 Å². The summed E-state index contributed by atoms with van der Waals surface area (Å²) in [6.45, 7) is 0. The van der Waals surface area contributed by atoms with Crippen molar-refractivity contribution >= 4 is 60.9 Å². The summed E-state index contributed by atoms with van der Waals surface area (Å²) in [4.78, 5) is 12.7. The zero-order chi connectivity index (χ0) is 15.4. The lowest BCUT2D eigenvalue weighted by Crippen LogP contribution is -2.15. The van der Waals surface area contributed by atoms with Crippen LogP contribution >= 0.6 is 43.6 Å². The summed E-state index contributed by atoms with van der Waals surface area (Å²) in [6, 6.07) is 9.86. The first-order valence-electron chi connectivity index (χ1n) is 5.88. The molecule has 2 rings (SSSR count). The van der Waals surface area contributed by atoms with Gasteiger partial charge in [-0.15, -0.1) is 11.8 Å². The molecule has 3 nitrogen and oxygen atoms in total. The first-order chi connectivity index (χ1) is 9.95. The number of halogens is 3. The van der Waals surface area contributed by atoms with Gasteiger partial charge in [0.25, 0.3) is 0 Å². The van der Waals surface area contributed by atoms with Crippen molar-refractivity contribution in [2.24, 2.45) is 0 Å². The SMILES string of the molecule is Nc1ccc(SCC(=O)Nc2ccc(Br)cc2F)c(Br)c1. The Bertz CT molecular complexity index is 682. The fourth-order valence-electron chi connectivity index (χ4n) is 1.55. The van der Waals surface area contributed by atoms with Crippen LogP contribution in [-0.4, -0.2) is 11.7 Å². The third-order valence-electron chi connectivity index (χ3n) is 2.52. The fraction of sp³-hybridized carbons (Fsp3) is 0.0714. The second kappa shape index (κ2) is 7.29. The second-order valence-electron chi connectivity index (χ2n) is 4.15. The lowest BCUT2D eigenvalue weighted by Gasteiger charge is -2.08. The van der Waals surface area contributed by atoms with E-state index in [4.69, 9.17) is 5.73 Å². The summed E-state index contributed by atoms with van der Waals surface area (Å²) in [7, 11) is 0. The van der Waals surface area contributed by atoms with Crippen molar-refractivity contribution in [3.05, 3.63) is 51.2 Å². The van der Waals surface area contributed by atoms with Crippen molar-refractivity contribution in [1.29, 1.82) is 0 Å². The maximum Gasteiger partial charge on any atom is 0.234 e. The highest BCUT2D eigenvalue weighted by molar-refractivity contribution is 9.10. The highest BCUT2D eigenvalue weighted by Gasteiger charge is 2.09. The van der Waals surface area contributed by atoms with Crippen LogP contribution in [0.5, 0.6) is 0 Å². The molecule has 0 radical (unpaired) electrons. The largest absolute Gasteiger partial charge is 0.399 e. The Labute approximate surface area is 142 Å². The van der Waals surface area contributed by atoms with Gasteiger partial charge < -0.3 is 11.1 Å². The molecule has 0 aromatic heterocycles. The molecule has 1 amide bonds. The van der Waals surface area contributed by atoms with Gasteiger partial charge in [0, 0.05) is 19.5 Å². The average Bonchev–Trinajstić information content (AvgIpc) is 2.41. The van der Waals surface area contributed by atoms with Gasteiger partial charge in [0.1, 0.15) is 5.82 Å². The number of carbonyl (C=O) groups excluding carboxylic acids is 1. The molecule has 2 aromatic carbocycles. The van der Waals surface area contributed by atoms with Crippen LogP contribution in [-0.2, 0) is 4.79 Å². The first kappa shape index (κ1) is 16.3. The maximum absolute atomic E-state index is 13.6. The summed E-state index contributed by atoms with van der Waals surface area (Å²) in [5, 5.41) is 2.54. The fourth-order valence-corrected chi connectivity index (χ4v) is 3.35. The molecule has 0 aliphatic rings. The van der Waals surface area contributed by atoms with Crippen LogP contribution < -0.4 is 11.1 Å². The average molecular weight is 434 g/mol. The lowest BCUT2D eigenvalue weighted by atomic mass is 10.3. The molecule has 110 valence electrons. The van der Waals surface area contributed by atoms with Crippen molar-refractivity contribution in [3.8, 4) is 0 Å². The summed E-state index contributed by atoms with van der Waals surface area (Å²) >= 11 is 7.90. The summed E-state index contributed by atoms with van der Waals surface area (Å²) in [5.74, 6) is -0.570. The molecule has 0 saturated heterocycles. The summed E-state index contributed by atoms with van der Waals surface area (Å²) in [5.41, 5.74) is 6.46. The Morgan fingerprint density at radius 1 is 1.24 bits per heavy atom. The molecule has 0 bridgehead atoms. The molecule has 0 aliphatic carbocycles. The molecule has 0 heterocycles. The van der Waals surface area contributed by atoms with Crippen LogP contribution in [0.3, 0.4) is 0 Å². The number of rotatable bonds is 4. The minimum atomic E-state index is -0.476. The minimum absolute atomic E-state index is 0.167. The molecular weight excluding hydrogens is 423 g/mol. The molecule has 3 N–H and O–H groups in total. The van der Waals surface area contributed by atoms with Crippen LogP contribution in [0.25, 0.3) is 0 Å².